The molecule has 0 spiro atoms. The van der Waals surface area contributed by atoms with E-state index in [0.29, 0.717) is 23.9 Å². The number of quaternary nitrogens is 1. The fourth-order valence-corrected chi connectivity index (χ4v) is 10.8. The summed E-state index contributed by atoms with van der Waals surface area (Å²) in [7, 11) is 5.98. The normalized spacial score (nSPS) is 12.9. The van der Waals surface area contributed by atoms with E-state index in [1.165, 1.54) is 250 Å². The van der Waals surface area contributed by atoms with Gasteiger partial charge in [0.15, 0.2) is 6.10 Å². The quantitative estimate of drug-likeness (QED) is 0.0211. The topological polar surface area (TPSA) is 108 Å². The zero-order valence-electron chi connectivity index (χ0n) is 56.3. The number of carbonyl (C=O) groups excluding carboxylic acids is 2. The Hall–Kier alpha value is -2.75. The number of hydrogen-bond acceptors (Lipinski definition) is 7. The van der Waals surface area contributed by atoms with Crippen LogP contribution < -0.4 is 0 Å². The maximum atomic E-state index is 12.9. The Morgan fingerprint density at radius 1 is 0.369 bits per heavy atom. The zero-order chi connectivity index (χ0) is 61.2. The predicted molar refractivity (Wildman–Crippen MR) is 360 cm³/mol. The molecule has 9 nitrogen and oxygen atoms in total. The minimum atomic E-state index is -1.51. The first-order valence-corrected chi connectivity index (χ1v) is 36.3. The molecular formula is C75H140NO8+. The number of carboxylic acid groups (broad SMARTS) is 1. The summed E-state index contributed by atoms with van der Waals surface area (Å²) in [6.45, 7) is 4.81. The van der Waals surface area contributed by atoms with E-state index in [2.05, 4.69) is 62.5 Å². The molecule has 0 heterocycles. The molecule has 0 aliphatic rings. The molecule has 0 amide bonds. The third-order valence-electron chi connectivity index (χ3n) is 16.3. The van der Waals surface area contributed by atoms with Gasteiger partial charge in [-0.15, -0.1) is 0 Å². The number of allylic oxidation sites excluding steroid dienone is 8. The average Bonchev–Trinajstić information content (AvgIpc) is 3.55. The predicted octanol–water partition coefficient (Wildman–Crippen LogP) is 22.5. The van der Waals surface area contributed by atoms with E-state index in [1.54, 1.807) is 0 Å². The smallest absolute Gasteiger partial charge is 0.361 e. The maximum absolute atomic E-state index is 12.9. The number of rotatable bonds is 68. The van der Waals surface area contributed by atoms with Gasteiger partial charge in [-0.1, -0.05) is 339 Å². The first-order valence-electron chi connectivity index (χ1n) is 36.3. The molecule has 0 saturated heterocycles. The van der Waals surface area contributed by atoms with Gasteiger partial charge in [0.25, 0.3) is 6.29 Å². The van der Waals surface area contributed by atoms with Crippen molar-refractivity contribution in [2.75, 3.05) is 47.5 Å². The SMILES string of the molecule is CC/C=C\C/C=C\C/C=C\C/C=C\CCCCCCCCCCC(=O)OC(COC(=O)CCCCCCCCCCCCCCCCCCCCCCCCCCCCCCCCCCCCCCCC)COC(OCC[N+](C)(C)C)C(=O)O. The van der Waals surface area contributed by atoms with Crippen LogP contribution in [-0.4, -0.2) is 87.4 Å². The van der Waals surface area contributed by atoms with Gasteiger partial charge < -0.3 is 28.5 Å². The van der Waals surface area contributed by atoms with Crippen molar-refractivity contribution in [2.24, 2.45) is 0 Å². The first kappa shape index (κ1) is 81.2. The van der Waals surface area contributed by atoms with Gasteiger partial charge in [-0.05, 0) is 51.4 Å². The van der Waals surface area contributed by atoms with Crippen LogP contribution in [0.5, 0.6) is 0 Å². The highest BCUT2D eigenvalue weighted by atomic mass is 16.7. The molecule has 0 aromatic carbocycles. The molecule has 0 aromatic rings. The molecular weight excluding hydrogens is 1040 g/mol. The molecule has 0 radical (unpaired) electrons. The molecule has 492 valence electrons. The van der Waals surface area contributed by atoms with E-state index >= 15 is 0 Å². The fourth-order valence-electron chi connectivity index (χ4n) is 10.8. The Morgan fingerprint density at radius 2 is 0.679 bits per heavy atom. The standard InChI is InChI=1S/C75H139NO8/c1-6-8-10-12-14-16-18-20-22-24-26-28-29-30-31-32-33-34-35-36-37-38-39-40-41-42-43-44-46-47-49-51-53-55-57-59-61-63-65-72(77)82-69-71(70-83-75(74(79)80)81-68-67-76(3,4)5)84-73(78)66-64-62-60-58-56-54-52-50-48-45-27-25-23-21-19-17-15-13-11-9-7-2/h9,11,15,17,21,23,27,45,71,75H,6-8,10,12-14,16,18-20,22,24-26,28-44,46-70H2,1-5H3/p+1/b11-9-,17-15-,23-21-,45-27-. The lowest BCUT2D eigenvalue weighted by Crippen LogP contribution is -2.40. The van der Waals surface area contributed by atoms with E-state index in [9.17, 15) is 19.5 Å². The summed E-state index contributed by atoms with van der Waals surface area (Å²) in [5.74, 6) is -2.00. The monoisotopic (exact) mass is 1180 g/mol. The second-order valence-corrected chi connectivity index (χ2v) is 25.9. The van der Waals surface area contributed by atoms with Crippen molar-refractivity contribution < 1.29 is 42.9 Å². The summed E-state index contributed by atoms with van der Waals surface area (Å²) in [6.07, 6.45) is 82.6. The van der Waals surface area contributed by atoms with Crippen molar-refractivity contribution in [2.45, 2.75) is 367 Å². The Morgan fingerprint density at radius 3 is 1.01 bits per heavy atom. The molecule has 0 aliphatic carbocycles. The number of ether oxygens (including phenoxy) is 4. The number of unbranched alkanes of at least 4 members (excludes halogenated alkanes) is 45. The summed E-state index contributed by atoms with van der Waals surface area (Å²) in [5, 5.41) is 9.74. The number of carbonyl (C=O) groups is 3. The Labute approximate surface area is 521 Å². The van der Waals surface area contributed by atoms with Crippen LogP contribution in [0.2, 0.25) is 0 Å². The van der Waals surface area contributed by atoms with Gasteiger partial charge in [0.1, 0.15) is 13.2 Å². The number of carboxylic acids is 1. The highest BCUT2D eigenvalue weighted by molar-refractivity contribution is 5.71. The molecule has 0 bridgehead atoms. The second-order valence-electron chi connectivity index (χ2n) is 25.9. The molecule has 9 heteroatoms. The third kappa shape index (κ3) is 66.8. The molecule has 1 N–H and O–H groups in total. The molecule has 0 aliphatic heterocycles. The zero-order valence-corrected chi connectivity index (χ0v) is 56.3. The van der Waals surface area contributed by atoms with E-state index in [-0.39, 0.29) is 32.2 Å². The molecule has 2 unspecified atom stereocenters. The van der Waals surface area contributed by atoms with Crippen molar-refractivity contribution in [1.29, 1.82) is 0 Å². The van der Waals surface area contributed by atoms with E-state index < -0.39 is 24.3 Å². The first-order chi connectivity index (χ1) is 41.1. The maximum Gasteiger partial charge on any atom is 0.361 e. The number of aliphatic carboxylic acids is 1. The lowest BCUT2D eigenvalue weighted by atomic mass is 10.0. The van der Waals surface area contributed by atoms with Crippen LogP contribution in [-0.2, 0) is 33.3 Å². The summed E-state index contributed by atoms with van der Waals surface area (Å²) >= 11 is 0. The van der Waals surface area contributed by atoms with Gasteiger partial charge in [0.2, 0.25) is 0 Å². The number of nitrogens with zero attached hydrogens (tertiary/aromatic N) is 1. The fraction of sp³-hybridized carbons (Fsp3) is 0.853. The van der Waals surface area contributed by atoms with Gasteiger partial charge in [-0.2, -0.15) is 0 Å². The van der Waals surface area contributed by atoms with E-state index in [1.807, 2.05) is 21.1 Å². The van der Waals surface area contributed by atoms with Crippen LogP contribution in [0.1, 0.15) is 354 Å². The van der Waals surface area contributed by atoms with Crippen molar-refractivity contribution >= 4 is 17.9 Å². The molecule has 0 fully saturated rings. The second kappa shape index (κ2) is 66.2. The molecule has 0 aromatic heterocycles. The number of likely N-dealkylation sites (N-methyl/N-ethyl adjacent to an activating group) is 1. The highest BCUT2D eigenvalue weighted by Crippen LogP contribution is 2.19. The Balaban J connectivity index is 3.96. The molecule has 84 heavy (non-hydrogen) atoms. The summed E-state index contributed by atoms with van der Waals surface area (Å²) in [6, 6.07) is 0. The van der Waals surface area contributed by atoms with E-state index in [4.69, 9.17) is 18.9 Å². The van der Waals surface area contributed by atoms with Gasteiger partial charge in [-0.3, -0.25) is 9.59 Å². The largest absolute Gasteiger partial charge is 0.477 e. The van der Waals surface area contributed by atoms with Crippen LogP contribution in [0.4, 0.5) is 0 Å². The van der Waals surface area contributed by atoms with Gasteiger partial charge >= 0.3 is 17.9 Å². The van der Waals surface area contributed by atoms with Crippen LogP contribution in [0, 0.1) is 0 Å². The third-order valence-corrected chi connectivity index (χ3v) is 16.3. The van der Waals surface area contributed by atoms with Crippen LogP contribution >= 0.6 is 0 Å². The Kier molecular flexibility index (Phi) is 64.0. The lowest BCUT2D eigenvalue weighted by Gasteiger charge is -2.25. The van der Waals surface area contributed by atoms with Crippen molar-refractivity contribution in [3.63, 3.8) is 0 Å². The lowest BCUT2D eigenvalue weighted by molar-refractivity contribution is -0.870. The van der Waals surface area contributed by atoms with Crippen molar-refractivity contribution in [3.05, 3.63) is 48.6 Å². The minimum absolute atomic E-state index is 0.183. The van der Waals surface area contributed by atoms with Gasteiger partial charge in [0.05, 0.1) is 34.4 Å². The number of esters is 2. The minimum Gasteiger partial charge on any atom is -0.477 e. The molecule has 0 rings (SSSR count). The van der Waals surface area contributed by atoms with Gasteiger partial charge in [-0.25, -0.2) is 4.79 Å². The van der Waals surface area contributed by atoms with Crippen molar-refractivity contribution in [3.8, 4) is 0 Å². The van der Waals surface area contributed by atoms with Gasteiger partial charge in [0, 0.05) is 12.8 Å². The summed E-state index contributed by atoms with van der Waals surface area (Å²) < 4.78 is 23.0. The van der Waals surface area contributed by atoms with E-state index in [0.717, 1.165) is 70.6 Å². The van der Waals surface area contributed by atoms with Crippen molar-refractivity contribution in [1.82, 2.24) is 0 Å². The summed E-state index contributed by atoms with van der Waals surface area (Å²) in [5.41, 5.74) is 0. The highest BCUT2D eigenvalue weighted by Gasteiger charge is 2.25. The number of hydrogen-bond donors (Lipinski definition) is 1. The van der Waals surface area contributed by atoms with Crippen LogP contribution in [0.3, 0.4) is 0 Å². The van der Waals surface area contributed by atoms with Crippen LogP contribution in [0.25, 0.3) is 0 Å². The van der Waals surface area contributed by atoms with Crippen LogP contribution in [0.15, 0.2) is 48.6 Å². The molecule has 2 atom stereocenters. The Bertz CT molecular complexity index is 1520. The summed E-state index contributed by atoms with van der Waals surface area (Å²) in [4.78, 5) is 37.6. The molecule has 0 saturated carbocycles. The average molecular weight is 1180 g/mol.